The zero-order valence-electron chi connectivity index (χ0n) is 20.5. The number of amides is 1. The van der Waals surface area contributed by atoms with Gasteiger partial charge in [0.25, 0.3) is 15.9 Å². The van der Waals surface area contributed by atoms with Crippen molar-refractivity contribution >= 4 is 27.8 Å². The third-order valence-electron chi connectivity index (χ3n) is 5.14. The second-order valence-electron chi connectivity index (χ2n) is 7.67. The summed E-state index contributed by atoms with van der Waals surface area (Å²) >= 11 is 0. The highest BCUT2D eigenvalue weighted by Crippen LogP contribution is 2.32. The number of rotatable bonds is 11. The van der Waals surface area contributed by atoms with Crippen LogP contribution in [-0.2, 0) is 14.8 Å². The van der Waals surface area contributed by atoms with Gasteiger partial charge in [0.05, 0.1) is 31.0 Å². The van der Waals surface area contributed by atoms with Gasteiger partial charge in [0.1, 0.15) is 18.4 Å². The first kappa shape index (κ1) is 27.0. The van der Waals surface area contributed by atoms with Crippen LogP contribution in [0.3, 0.4) is 0 Å². The van der Waals surface area contributed by atoms with Crippen molar-refractivity contribution in [2.45, 2.75) is 11.8 Å². The number of sulfonamides is 1. The Morgan fingerprint density at radius 1 is 1.03 bits per heavy atom. The Kier molecular flexibility index (Phi) is 9.07. The molecule has 0 aliphatic carbocycles. The number of ether oxygens (including phenoxy) is 3. The summed E-state index contributed by atoms with van der Waals surface area (Å²) in [5, 5.41) is 12.5. The Morgan fingerprint density at radius 2 is 1.70 bits per heavy atom. The molecule has 0 atom stereocenters. The zero-order chi connectivity index (χ0) is 26.8. The van der Waals surface area contributed by atoms with E-state index in [2.05, 4.69) is 10.5 Å². The summed E-state index contributed by atoms with van der Waals surface area (Å²) in [5.41, 5.74) is 4.27. The van der Waals surface area contributed by atoms with Crippen molar-refractivity contribution in [3.8, 4) is 23.3 Å². The summed E-state index contributed by atoms with van der Waals surface area (Å²) in [5.74, 6) is 0.497. The van der Waals surface area contributed by atoms with E-state index >= 15 is 0 Å². The molecule has 0 radical (unpaired) electrons. The van der Waals surface area contributed by atoms with E-state index in [4.69, 9.17) is 19.5 Å². The molecule has 0 aliphatic rings. The number of hydrogen-bond acceptors (Lipinski definition) is 8. The van der Waals surface area contributed by atoms with Gasteiger partial charge in [-0.25, -0.2) is 13.8 Å². The van der Waals surface area contributed by atoms with Crippen LogP contribution in [-0.4, -0.2) is 47.9 Å². The van der Waals surface area contributed by atoms with Gasteiger partial charge in [-0.05, 0) is 61.0 Å². The molecule has 3 rings (SSSR count). The molecule has 0 aromatic heterocycles. The summed E-state index contributed by atoms with van der Waals surface area (Å²) in [6.45, 7) is 1.30. The van der Waals surface area contributed by atoms with Crippen LogP contribution < -0.4 is 23.9 Å². The van der Waals surface area contributed by atoms with Crippen LogP contribution in [0.2, 0.25) is 0 Å². The molecule has 0 saturated carbocycles. The van der Waals surface area contributed by atoms with E-state index in [1.807, 2.05) is 13.0 Å². The first-order valence-corrected chi connectivity index (χ1v) is 12.5. The van der Waals surface area contributed by atoms with Crippen molar-refractivity contribution in [1.29, 1.82) is 5.26 Å². The smallest absolute Gasteiger partial charge is 0.264 e. The van der Waals surface area contributed by atoms with Gasteiger partial charge in [-0.15, -0.1) is 0 Å². The molecule has 0 fully saturated rings. The Hall–Kier alpha value is -4.56. The topological polar surface area (TPSA) is 130 Å². The summed E-state index contributed by atoms with van der Waals surface area (Å²) in [6, 6.07) is 19.6. The number of nitriles is 1. The van der Waals surface area contributed by atoms with Crippen molar-refractivity contribution in [2.75, 3.05) is 31.7 Å². The molecule has 1 N–H and O–H groups in total. The van der Waals surface area contributed by atoms with Gasteiger partial charge in [-0.1, -0.05) is 17.7 Å². The summed E-state index contributed by atoms with van der Waals surface area (Å²) in [6.07, 6.45) is 1.41. The monoisotopic (exact) mass is 522 g/mol. The lowest BCUT2D eigenvalue weighted by atomic mass is 10.2. The van der Waals surface area contributed by atoms with Crippen LogP contribution in [0, 0.1) is 18.3 Å². The average molecular weight is 523 g/mol. The van der Waals surface area contributed by atoms with E-state index in [0.29, 0.717) is 22.7 Å². The molecule has 0 saturated heterocycles. The van der Waals surface area contributed by atoms with E-state index in [1.165, 1.54) is 38.6 Å². The molecule has 3 aromatic carbocycles. The number of nitrogens with one attached hydrogen (secondary N) is 1. The molecule has 1 amide bonds. The number of benzene rings is 3. The van der Waals surface area contributed by atoms with Crippen LogP contribution in [0.1, 0.15) is 11.1 Å². The van der Waals surface area contributed by atoms with Gasteiger partial charge < -0.3 is 14.2 Å². The molecular weight excluding hydrogens is 496 g/mol. The number of carbonyl (C=O) groups excluding carboxylic acids is 1. The number of aryl methyl sites for hydroxylation is 1. The Labute approximate surface area is 215 Å². The largest absolute Gasteiger partial charge is 0.493 e. The normalized spacial score (nSPS) is 11.0. The van der Waals surface area contributed by atoms with Gasteiger partial charge in [-0.2, -0.15) is 10.4 Å². The average Bonchev–Trinajstić information content (AvgIpc) is 2.91. The first-order chi connectivity index (χ1) is 17.8. The van der Waals surface area contributed by atoms with E-state index in [9.17, 15) is 13.2 Å². The fourth-order valence-corrected chi connectivity index (χ4v) is 4.68. The predicted octanol–water partition coefficient (Wildman–Crippen LogP) is 3.26. The van der Waals surface area contributed by atoms with Crippen LogP contribution in [0.5, 0.6) is 17.2 Å². The number of hydrazone groups is 1. The molecule has 192 valence electrons. The van der Waals surface area contributed by atoms with E-state index in [1.54, 1.807) is 48.5 Å². The maximum absolute atomic E-state index is 13.6. The Balaban J connectivity index is 1.81. The van der Waals surface area contributed by atoms with Crippen LogP contribution in [0.4, 0.5) is 5.69 Å². The summed E-state index contributed by atoms with van der Waals surface area (Å²) < 4.78 is 43.8. The number of hydrogen-bond donors (Lipinski definition) is 1. The third-order valence-corrected chi connectivity index (χ3v) is 6.91. The molecular formula is C26H26N4O6S. The summed E-state index contributed by atoms with van der Waals surface area (Å²) in [4.78, 5) is 12.7. The van der Waals surface area contributed by atoms with Gasteiger partial charge >= 0.3 is 0 Å². The number of carbonyl (C=O) groups is 1. The minimum atomic E-state index is -4.16. The van der Waals surface area contributed by atoms with Crippen molar-refractivity contribution in [2.24, 2.45) is 5.10 Å². The van der Waals surface area contributed by atoms with E-state index in [0.717, 1.165) is 9.87 Å². The fourth-order valence-electron chi connectivity index (χ4n) is 3.24. The lowest BCUT2D eigenvalue weighted by Gasteiger charge is -2.24. The fraction of sp³-hybridized carbons (Fsp3) is 0.192. The minimum Gasteiger partial charge on any atom is -0.493 e. The molecule has 11 heteroatoms. The molecule has 0 aliphatic heterocycles. The predicted molar refractivity (Wildman–Crippen MR) is 139 cm³/mol. The quantitative estimate of drug-likeness (QED) is 0.302. The van der Waals surface area contributed by atoms with E-state index in [-0.39, 0.29) is 17.3 Å². The van der Waals surface area contributed by atoms with Crippen molar-refractivity contribution in [3.05, 3.63) is 77.9 Å². The molecule has 10 nitrogen and oxygen atoms in total. The van der Waals surface area contributed by atoms with Crippen molar-refractivity contribution in [3.63, 3.8) is 0 Å². The first-order valence-electron chi connectivity index (χ1n) is 11.0. The SMILES string of the molecule is COc1ccc(S(=O)(=O)N(CC(=O)NN=Cc2ccc(OCC#N)cc2)c2ccc(C)cc2)cc1OC. The van der Waals surface area contributed by atoms with Crippen LogP contribution in [0.25, 0.3) is 0 Å². The van der Waals surface area contributed by atoms with Crippen molar-refractivity contribution < 1.29 is 27.4 Å². The van der Waals surface area contributed by atoms with Crippen molar-refractivity contribution in [1.82, 2.24) is 5.43 Å². The molecule has 0 spiro atoms. The second kappa shape index (κ2) is 12.4. The highest BCUT2D eigenvalue weighted by molar-refractivity contribution is 7.92. The van der Waals surface area contributed by atoms with Gasteiger partial charge in [0, 0.05) is 6.07 Å². The zero-order valence-corrected chi connectivity index (χ0v) is 21.4. The minimum absolute atomic E-state index is 0.0623. The highest BCUT2D eigenvalue weighted by atomic mass is 32.2. The van der Waals surface area contributed by atoms with Crippen LogP contribution in [0.15, 0.2) is 76.7 Å². The van der Waals surface area contributed by atoms with E-state index < -0.39 is 22.5 Å². The van der Waals surface area contributed by atoms with Gasteiger partial charge in [0.15, 0.2) is 18.1 Å². The number of methoxy groups -OCH3 is 2. The molecule has 37 heavy (non-hydrogen) atoms. The number of anilines is 1. The maximum atomic E-state index is 13.6. The van der Waals surface area contributed by atoms with Gasteiger partial charge in [0.2, 0.25) is 0 Å². The second-order valence-corrected chi connectivity index (χ2v) is 9.54. The number of nitrogens with zero attached hydrogens (tertiary/aromatic N) is 3. The lowest BCUT2D eigenvalue weighted by molar-refractivity contribution is -0.119. The maximum Gasteiger partial charge on any atom is 0.264 e. The van der Waals surface area contributed by atoms with Crippen LogP contribution >= 0.6 is 0 Å². The Morgan fingerprint density at radius 3 is 2.32 bits per heavy atom. The standard InChI is InChI=1S/C26H26N4O6S/c1-19-4-8-21(9-5-19)30(37(32,33)23-12-13-24(34-2)25(16-23)35-3)18-26(31)29-28-17-20-6-10-22(11-7-20)36-15-14-27/h4-13,16-17H,15,18H2,1-3H3,(H,29,31). The molecule has 0 heterocycles. The highest BCUT2D eigenvalue weighted by Gasteiger charge is 2.28. The lowest BCUT2D eigenvalue weighted by Crippen LogP contribution is -2.39. The Bertz CT molecular complexity index is 1400. The van der Waals surface area contributed by atoms with Gasteiger partial charge in [-0.3, -0.25) is 9.10 Å². The third kappa shape index (κ3) is 6.99. The molecule has 0 unspecified atom stereocenters. The summed E-state index contributed by atoms with van der Waals surface area (Å²) in [7, 11) is -1.30. The molecule has 3 aromatic rings. The molecule has 0 bridgehead atoms.